The van der Waals surface area contributed by atoms with Gasteiger partial charge < -0.3 is 0 Å². The van der Waals surface area contributed by atoms with Crippen molar-refractivity contribution in [1.82, 2.24) is 0 Å². The van der Waals surface area contributed by atoms with Gasteiger partial charge in [-0.15, -0.1) is 5.73 Å². The van der Waals surface area contributed by atoms with Crippen LogP contribution in [0.2, 0.25) is 0 Å². The first kappa shape index (κ1) is 21.2. The maximum Gasteiger partial charge on any atom is -0.00253 e. The Morgan fingerprint density at radius 3 is 2.35 bits per heavy atom. The molecule has 4 rings (SSSR count). The standard InChI is InChI=1S/C31H32/c1-25-11-10-16-28(18-17-25)21-31-23-29(19-26-12-6-2-3-7-13-26)22-30(24-31)20-27-14-8-4-5-9-15-27/h2-4,8-10,12,14-18,22-24H,5-7,13,19-21H2,1H3. The number of hydrogen-bond acceptors (Lipinski definition) is 0. The van der Waals surface area contributed by atoms with Crippen molar-refractivity contribution >= 4 is 0 Å². The second-order valence-electron chi connectivity index (χ2n) is 8.67. The summed E-state index contributed by atoms with van der Waals surface area (Å²) >= 11 is 0. The smallest absolute Gasteiger partial charge is 0.00253 e. The highest BCUT2D eigenvalue weighted by molar-refractivity contribution is 5.42. The highest BCUT2D eigenvalue weighted by Crippen LogP contribution is 2.23. The van der Waals surface area contributed by atoms with Crippen molar-refractivity contribution in [2.24, 2.45) is 0 Å². The summed E-state index contributed by atoms with van der Waals surface area (Å²) in [5.41, 5.74) is 13.0. The lowest BCUT2D eigenvalue weighted by Crippen LogP contribution is -1.99. The summed E-state index contributed by atoms with van der Waals surface area (Å²) in [6, 6.07) is 7.25. The van der Waals surface area contributed by atoms with Gasteiger partial charge in [-0.1, -0.05) is 90.6 Å². The third kappa shape index (κ3) is 6.71. The third-order valence-electron chi connectivity index (χ3n) is 5.91. The molecular weight excluding hydrogens is 372 g/mol. The molecule has 1 aromatic rings. The molecule has 0 nitrogen and oxygen atoms in total. The number of benzene rings is 1. The number of allylic oxidation sites excluding steroid dienone is 15. The Morgan fingerprint density at radius 1 is 0.742 bits per heavy atom. The van der Waals surface area contributed by atoms with Crippen LogP contribution in [-0.2, 0) is 19.3 Å². The van der Waals surface area contributed by atoms with E-state index >= 15 is 0 Å². The highest BCUT2D eigenvalue weighted by Gasteiger charge is 2.08. The molecule has 0 atom stereocenters. The average molecular weight is 405 g/mol. The maximum absolute atomic E-state index is 3.30. The van der Waals surface area contributed by atoms with Crippen molar-refractivity contribution in [2.45, 2.75) is 51.9 Å². The predicted molar refractivity (Wildman–Crippen MR) is 134 cm³/mol. The van der Waals surface area contributed by atoms with E-state index < -0.39 is 0 Å². The SMILES string of the molecule is CC1=C=CC=C(Cc2cc(CC3=CC=CCC=C3)cc(CC3=CCC=CCC3)c2)C=C1. The van der Waals surface area contributed by atoms with E-state index in [1.54, 1.807) is 5.57 Å². The van der Waals surface area contributed by atoms with Crippen LogP contribution in [0.25, 0.3) is 0 Å². The zero-order valence-corrected chi connectivity index (χ0v) is 18.6. The lowest BCUT2D eigenvalue weighted by atomic mass is 9.92. The normalized spacial score (nSPS) is 18.0. The first-order valence-electron chi connectivity index (χ1n) is 11.5. The van der Waals surface area contributed by atoms with Gasteiger partial charge in [0.05, 0.1) is 0 Å². The third-order valence-corrected chi connectivity index (χ3v) is 5.91. The van der Waals surface area contributed by atoms with Crippen LogP contribution in [-0.4, -0.2) is 0 Å². The number of rotatable bonds is 6. The molecular formula is C31H32. The van der Waals surface area contributed by atoms with E-state index in [1.807, 2.05) is 6.08 Å². The minimum atomic E-state index is 0.957. The quantitative estimate of drug-likeness (QED) is 0.332. The van der Waals surface area contributed by atoms with Crippen molar-refractivity contribution in [1.29, 1.82) is 0 Å². The lowest BCUT2D eigenvalue weighted by molar-refractivity contribution is 0.925. The van der Waals surface area contributed by atoms with Gasteiger partial charge in [0, 0.05) is 0 Å². The van der Waals surface area contributed by atoms with Crippen molar-refractivity contribution in [3.05, 3.63) is 136 Å². The molecule has 0 bridgehead atoms. The van der Waals surface area contributed by atoms with Crippen LogP contribution in [0.4, 0.5) is 0 Å². The van der Waals surface area contributed by atoms with Crippen molar-refractivity contribution in [3.63, 3.8) is 0 Å². The largest absolute Gasteiger partial charge is 0.118 e. The van der Waals surface area contributed by atoms with Gasteiger partial charge in [-0.2, -0.15) is 0 Å². The first-order chi connectivity index (χ1) is 15.2. The molecule has 3 aliphatic carbocycles. The molecule has 0 radical (unpaired) electrons. The van der Waals surface area contributed by atoms with E-state index in [2.05, 4.69) is 97.7 Å². The fraction of sp³-hybridized carbons (Fsp3) is 0.258. The van der Waals surface area contributed by atoms with E-state index in [-0.39, 0.29) is 0 Å². The lowest BCUT2D eigenvalue weighted by Gasteiger charge is -2.13. The molecule has 0 spiro atoms. The summed E-state index contributed by atoms with van der Waals surface area (Å²) in [6.45, 7) is 2.10. The fourth-order valence-corrected chi connectivity index (χ4v) is 4.33. The Kier molecular flexibility index (Phi) is 7.37. The Morgan fingerprint density at radius 2 is 1.52 bits per heavy atom. The second-order valence-corrected chi connectivity index (χ2v) is 8.67. The van der Waals surface area contributed by atoms with E-state index in [0.717, 1.165) is 32.1 Å². The monoisotopic (exact) mass is 404 g/mol. The fourth-order valence-electron chi connectivity index (χ4n) is 4.33. The molecule has 156 valence electrons. The van der Waals surface area contributed by atoms with Gasteiger partial charge in [-0.3, -0.25) is 0 Å². The van der Waals surface area contributed by atoms with Crippen LogP contribution < -0.4 is 0 Å². The molecule has 0 amide bonds. The van der Waals surface area contributed by atoms with E-state index in [4.69, 9.17) is 0 Å². The molecule has 0 N–H and O–H groups in total. The van der Waals surface area contributed by atoms with E-state index in [1.165, 1.54) is 46.3 Å². The molecule has 0 saturated carbocycles. The Bertz CT molecular complexity index is 1080. The minimum absolute atomic E-state index is 0.957. The van der Waals surface area contributed by atoms with Gasteiger partial charge in [-0.05, 0) is 91.4 Å². The van der Waals surface area contributed by atoms with Crippen molar-refractivity contribution in [3.8, 4) is 0 Å². The van der Waals surface area contributed by atoms with Crippen LogP contribution in [0, 0.1) is 0 Å². The topological polar surface area (TPSA) is 0 Å². The first-order valence-corrected chi connectivity index (χ1v) is 11.5. The van der Waals surface area contributed by atoms with E-state index in [0.29, 0.717) is 0 Å². The maximum atomic E-state index is 3.30. The molecule has 0 saturated heterocycles. The zero-order chi connectivity index (χ0) is 21.3. The molecule has 0 aliphatic heterocycles. The van der Waals surface area contributed by atoms with Crippen LogP contribution >= 0.6 is 0 Å². The Balaban J connectivity index is 1.60. The molecule has 0 unspecified atom stereocenters. The van der Waals surface area contributed by atoms with Crippen LogP contribution in [0.5, 0.6) is 0 Å². The minimum Gasteiger partial charge on any atom is -0.118 e. The van der Waals surface area contributed by atoms with Gasteiger partial charge >= 0.3 is 0 Å². The second kappa shape index (κ2) is 10.8. The molecule has 3 aliphatic rings. The Labute approximate surface area is 187 Å². The number of hydrogen-bond donors (Lipinski definition) is 0. The van der Waals surface area contributed by atoms with Crippen molar-refractivity contribution < 1.29 is 0 Å². The van der Waals surface area contributed by atoms with Crippen LogP contribution in [0.1, 0.15) is 49.3 Å². The summed E-state index contributed by atoms with van der Waals surface area (Å²) in [6.07, 6.45) is 34.3. The average Bonchev–Trinajstić information content (AvgIpc) is 3.24. The highest BCUT2D eigenvalue weighted by atomic mass is 14.1. The molecule has 31 heavy (non-hydrogen) atoms. The molecule has 1 aromatic carbocycles. The van der Waals surface area contributed by atoms with Crippen molar-refractivity contribution in [2.75, 3.05) is 0 Å². The molecule has 0 aromatic heterocycles. The van der Waals surface area contributed by atoms with Gasteiger partial charge in [0.1, 0.15) is 0 Å². The van der Waals surface area contributed by atoms with Gasteiger partial charge in [-0.25, -0.2) is 0 Å². The molecule has 0 heteroatoms. The van der Waals surface area contributed by atoms with E-state index in [9.17, 15) is 0 Å². The predicted octanol–water partition coefficient (Wildman–Crippen LogP) is 8.02. The summed E-state index contributed by atoms with van der Waals surface area (Å²) < 4.78 is 0. The summed E-state index contributed by atoms with van der Waals surface area (Å²) in [7, 11) is 0. The van der Waals surface area contributed by atoms with Crippen LogP contribution in [0.3, 0.4) is 0 Å². The zero-order valence-electron chi connectivity index (χ0n) is 18.6. The summed E-state index contributed by atoms with van der Waals surface area (Å²) in [5, 5.41) is 0. The van der Waals surface area contributed by atoms with Gasteiger partial charge in [0.25, 0.3) is 0 Å². The Hall–Kier alpha value is -3.08. The molecule has 0 heterocycles. The molecule has 0 fully saturated rings. The van der Waals surface area contributed by atoms with Gasteiger partial charge in [0.15, 0.2) is 0 Å². The summed E-state index contributed by atoms with van der Waals surface area (Å²) in [5.74, 6) is 0. The van der Waals surface area contributed by atoms with Crippen LogP contribution in [0.15, 0.2) is 119 Å². The summed E-state index contributed by atoms with van der Waals surface area (Å²) in [4.78, 5) is 0. The van der Waals surface area contributed by atoms with Gasteiger partial charge in [0.2, 0.25) is 0 Å².